The SMILES string of the molecule is CCCNCc1c(Cl)cccc1N(C)CCN1CCCC1. The van der Waals surface area contributed by atoms with Gasteiger partial charge in [-0.2, -0.15) is 0 Å². The van der Waals surface area contributed by atoms with Crippen LogP contribution in [0.5, 0.6) is 0 Å². The van der Waals surface area contributed by atoms with Crippen molar-refractivity contribution >= 4 is 17.3 Å². The lowest BCUT2D eigenvalue weighted by Gasteiger charge is -2.26. The molecule has 0 spiro atoms. The first-order valence-electron chi connectivity index (χ1n) is 8.14. The van der Waals surface area contributed by atoms with E-state index in [-0.39, 0.29) is 0 Å². The maximum Gasteiger partial charge on any atom is 0.0471 e. The molecule has 1 saturated heterocycles. The summed E-state index contributed by atoms with van der Waals surface area (Å²) in [7, 11) is 2.17. The fourth-order valence-corrected chi connectivity index (χ4v) is 3.12. The lowest BCUT2D eigenvalue weighted by atomic mass is 10.1. The molecular formula is C17H28ClN3. The molecule has 21 heavy (non-hydrogen) atoms. The van der Waals surface area contributed by atoms with E-state index in [1.54, 1.807) is 0 Å². The van der Waals surface area contributed by atoms with Crippen LogP contribution in [0.25, 0.3) is 0 Å². The normalized spacial score (nSPS) is 15.6. The summed E-state index contributed by atoms with van der Waals surface area (Å²) in [6, 6.07) is 6.22. The lowest BCUT2D eigenvalue weighted by molar-refractivity contribution is 0.346. The van der Waals surface area contributed by atoms with Crippen LogP contribution in [0, 0.1) is 0 Å². The van der Waals surface area contributed by atoms with Gasteiger partial charge in [-0.05, 0) is 51.0 Å². The molecule has 2 rings (SSSR count). The first-order chi connectivity index (χ1) is 10.2. The van der Waals surface area contributed by atoms with Gasteiger partial charge in [0.1, 0.15) is 0 Å². The van der Waals surface area contributed by atoms with Crippen LogP contribution in [-0.2, 0) is 6.54 Å². The van der Waals surface area contributed by atoms with Crippen LogP contribution in [0.1, 0.15) is 31.7 Å². The largest absolute Gasteiger partial charge is 0.373 e. The number of anilines is 1. The molecule has 1 aromatic carbocycles. The molecule has 0 radical (unpaired) electrons. The van der Waals surface area contributed by atoms with Gasteiger partial charge in [0.15, 0.2) is 0 Å². The Kier molecular flexibility index (Phi) is 6.81. The quantitative estimate of drug-likeness (QED) is 0.743. The zero-order chi connectivity index (χ0) is 15.1. The number of rotatable bonds is 8. The number of halogens is 1. The van der Waals surface area contributed by atoms with Crippen molar-refractivity contribution in [1.82, 2.24) is 10.2 Å². The highest BCUT2D eigenvalue weighted by atomic mass is 35.5. The maximum absolute atomic E-state index is 6.40. The third-order valence-electron chi connectivity index (χ3n) is 4.18. The number of benzene rings is 1. The fraction of sp³-hybridized carbons (Fsp3) is 0.647. The third-order valence-corrected chi connectivity index (χ3v) is 4.54. The molecule has 1 fully saturated rings. The van der Waals surface area contributed by atoms with Gasteiger partial charge in [-0.1, -0.05) is 24.6 Å². The zero-order valence-corrected chi connectivity index (χ0v) is 14.1. The van der Waals surface area contributed by atoms with E-state index >= 15 is 0 Å². The van der Waals surface area contributed by atoms with Crippen LogP contribution < -0.4 is 10.2 Å². The first-order valence-corrected chi connectivity index (χ1v) is 8.51. The minimum Gasteiger partial charge on any atom is -0.373 e. The van der Waals surface area contributed by atoms with Crippen molar-refractivity contribution in [3.63, 3.8) is 0 Å². The summed E-state index contributed by atoms with van der Waals surface area (Å²) in [5.41, 5.74) is 2.47. The molecule has 0 aromatic heterocycles. The van der Waals surface area contributed by atoms with E-state index in [1.165, 1.54) is 37.2 Å². The Hall–Kier alpha value is -0.770. The standard InChI is InChI=1S/C17H28ClN3/c1-3-9-19-14-15-16(18)7-6-8-17(15)20(2)12-13-21-10-4-5-11-21/h6-8,19H,3-5,9-14H2,1-2H3. The average Bonchev–Trinajstić information content (AvgIpc) is 3.00. The summed E-state index contributed by atoms with van der Waals surface area (Å²) in [5.74, 6) is 0. The second kappa shape index (κ2) is 8.62. The van der Waals surface area contributed by atoms with Crippen LogP contribution in [0.15, 0.2) is 18.2 Å². The summed E-state index contributed by atoms with van der Waals surface area (Å²) in [6.07, 6.45) is 3.85. The zero-order valence-electron chi connectivity index (χ0n) is 13.4. The van der Waals surface area contributed by atoms with Gasteiger partial charge in [0, 0.05) is 43.0 Å². The van der Waals surface area contributed by atoms with Crippen LogP contribution >= 0.6 is 11.6 Å². The van der Waals surface area contributed by atoms with Gasteiger partial charge in [-0.15, -0.1) is 0 Å². The highest BCUT2D eigenvalue weighted by Gasteiger charge is 2.14. The van der Waals surface area contributed by atoms with Gasteiger partial charge in [0.25, 0.3) is 0 Å². The minimum absolute atomic E-state index is 0.844. The Labute approximate surface area is 134 Å². The predicted octanol–water partition coefficient (Wildman–Crippen LogP) is 3.37. The van der Waals surface area contributed by atoms with E-state index in [9.17, 15) is 0 Å². The Morgan fingerprint density at radius 3 is 2.76 bits per heavy atom. The molecule has 0 unspecified atom stereocenters. The number of likely N-dealkylation sites (tertiary alicyclic amines) is 1. The second-order valence-electron chi connectivity index (χ2n) is 5.88. The van der Waals surface area contributed by atoms with Gasteiger partial charge in [0.05, 0.1) is 0 Å². The monoisotopic (exact) mass is 309 g/mol. The summed E-state index contributed by atoms with van der Waals surface area (Å²) >= 11 is 6.40. The second-order valence-corrected chi connectivity index (χ2v) is 6.29. The minimum atomic E-state index is 0.844. The molecule has 0 aliphatic carbocycles. The Morgan fingerprint density at radius 2 is 2.05 bits per heavy atom. The van der Waals surface area contributed by atoms with Crippen molar-refractivity contribution in [2.75, 3.05) is 44.7 Å². The highest BCUT2D eigenvalue weighted by molar-refractivity contribution is 6.31. The van der Waals surface area contributed by atoms with Gasteiger partial charge in [-0.25, -0.2) is 0 Å². The van der Waals surface area contributed by atoms with Crippen molar-refractivity contribution in [2.24, 2.45) is 0 Å². The van der Waals surface area contributed by atoms with Crippen molar-refractivity contribution in [3.05, 3.63) is 28.8 Å². The molecule has 1 aromatic rings. The van der Waals surface area contributed by atoms with E-state index in [0.717, 1.165) is 37.6 Å². The van der Waals surface area contributed by atoms with Gasteiger partial charge < -0.3 is 15.1 Å². The molecule has 0 amide bonds. The van der Waals surface area contributed by atoms with Crippen molar-refractivity contribution in [2.45, 2.75) is 32.7 Å². The molecule has 3 nitrogen and oxygen atoms in total. The third kappa shape index (κ3) is 4.87. The van der Waals surface area contributed by atoms with E-state index in [4.69, 9.17) is 11.6 Å². The van der Waals surface area contributed by atoms with E-state index in [0.29, 0.717) is 0 Å². The Balaban J connectivity index is 1.97. The molecule has 1 heterocycles. The molecule has 1 N–H and O–H groups in total. The molecule has 118 valence electrons. The summed E-state index contributed by atoms with van der Waals surface area (Å²) in [6.45, 7) is 8.77. The van der Waals surface area contributed by atoms with E-state index < -0.39 is 0 Å². The van der Waals surface area contributed by atoms with Gasteiger partial charge >= 0.3 is 0 Å². The van der Waals surface area contributed by atoms with Crippen LogP contribution in [-0.4, -0.2) is 44.7 Å². The van der Waals surface area contributed by atoms with E-state index in [1.807, 2.05) is 12.1 Å². The Bertz CT molecular complexity index is 430. The number of nitrogens with zero attached hydrogens (tertiary/aromatic N) is 2. The predicted molar refractivity (Wildman–Crippen MR) is 92.4 cm³/mol. The van der Waals surface area contributed by atoms with Crippen LogP contribution in [0.2, 0.25) is 5.02 Å². The summed E-state index contributed by atoms with van der Waals surface area (Å²) in [5, 5.41) is 4.33. The van der Waals surface area contributed by atoms with Gasteiger partial charge in [-0.3, -0.25) is 0 Å². The number of hydrogen-bond donors (Lipinski definition) is 1. The van der Waals surface area contributed by atoms with Crippen molar-refractivity contribution in [1.29, 1.82) is 0 Å². The smallest absolute Gasteiger partial charge is 0.0471 e. The topological polar surface area (TPSA) is 18.5 Å². The van der Waals surface area contributed by atoms with Crippen molar-refractivity contribution in [3.8, 4) is 0 Å². The van der Waals surface area contributed by atoms with Gasteiger partial charge in [0.2, 0.25) is 0 Å². The molecule has 1 aliphatic rings. The molecular weight excluding hydrogens is 282 g/mol. The maximum atomic E-state index is 6.40. The highest BCUT2D eigenvalue weighted by Crippen LogP contribution is 2.27. The molecule has 0 saturated carbocycles. The lowest BCUT2D eigenvalue weighted by Crippen LogP contribution is -2.32. The Morgan fingerprint density at radius 1 is 1.29 bits per heavy atom. The van der Waals surface area contributed by atoms with E-state index in [2.05, 4.69) is 35.2 Å². The summed E-state index contributed by atoms with van der Waals surface area (Å²) < 4.78 is 0. The fourth-order valence-electron chi connectivity index (χ4n) is 2.89. The number of hydrogen-bond acceptors (Lipinski definition) is 3. The van der Waals surface area contributed by atoms with Crippen molar-refractivity contribution < 1.29 is 0 Å². The average molecular weight is 310 g/mol. The molecule has 4 heteroatoms. The van der Waals surface area contributed by atoms with Crippen LogP contribution in [0.4, 0.5) is 5.69 Å². The molecule has 0 bridgehead atoms. The van der Waals surface area contributed by atoms with Crippen LogP contribution in [0.3, 0.4) is 0 Å². The number of likely N-dealkylation sites (N-methyl/N-ethyl adjacent to an activating group) is 1. The summed E-state index contributed by atoms with van der Waals surface area (Å²) in [4.78, 5) is 4.89. The molecule has 1 aliphatic heterocycles. The first kappa shape index (κ1) is 16.6. The molecule has 0 atom stereocenters. The number of nitrogens with one attached hydrogen (secondary N) is 1.